The number of para-hydroxylation sites is 1. The molecule has 33 heavy (non-hydrogen) atoms. The summed E-state index contributed by atoms with van der Waals surface area (Å²) in [7, 11) is -0.537. The summed E-state index contributed by atoms with van der Waals surface area (Å²) in [6.45, 7) is 0. The number of nitrogens with zero attached hydrogens (tertiary/aromatic N) is 4. The zero-order chi connectivity index (χ0) is 23.4. The fourth-order valence-corrected chi connectivity index (χ4v) is 4.76. The molecule has 4 rings (SSSR count). The van der Waals surface area contributed by atoms with Crippen LogP contribution in [0.5, 0.6) is 11.5 Å². The van der Waals surface area contributed by atoms with Crippen molar-refractivity contribution in [2.24, 2.45) is 0 Å². The van der Waals surface area contributed by atoms with E-state index in [1.165, 1.54) is 26.7 Å². The Bertz CT molecular complexity index is 1310. The van der Waals surface area contributed by atoms with Crippen molar-refractivity contribution < 1.29 is 22.3 Å². The fourth-order valence-electron chi connectivity index (χ4n) is 3.36. The molecular weight excluding hydrogens is 468 g/mol. The summed E-state index contributed by atoms with van der Waals surface area (Å²) in [5, 5.41) is 8.92. The van der Waals surface area contributed by atoms with E-state index in [4.69, 9.17) is 25.5 Å². The lowest BCUT2D eigenvalue weighted by atomic mass is 10.2. The molecule has 0 N–H and O–H groups in total. The maximum Gasteiger partial charge on any atom is 0.265 e. The number of rotatable bonds is 9. The second-order valence-electron chi connectivity index (χ2n) is 7.09. The van der Waals surface area contributed by atoms with Gasteiger partial charge in [-0.3, -0.25) is 4.57 Å². The molecule has 2 aromatic carbocycles. The molecule has 2 aromatic heterocycles. The lowest BCUT2D eigenvalue weighted by Crippen LogP contribution is -2.16. The van der Waals surface area contributed by atoms with Crippen molar-refractivity contribution >= 4 is 21.4 Å². The largest absolute Gasteiger partial charge is 0.494 e. The van der Waals surface area contributed by atoms with E-state index in [-0.39, 0.29) is 29.0 Å². The zero-order valence-electron chi connectivity index (χ0n) is 17.9. The molecule has 0 bridgehead atoms. The van der Waals surface area contributed by atoms with E-state index in [9.17, 15) is 8.42 Å². The molecule has 0 atom stereocenters. The van der Waals surface area contributed by atoms with Crippen molar-refractivity contribution in [1.29, 1.82) is 0 Å². The van der Waals surface area contributed by atoms with Gasteiger partial charge in [0.15, 0.2) is 15.7 Å². The Balaban J connectivity index is 1.73. The van der Waals surface area contributed by atoms with E-state index >= 15 is 0 Å². The number of aryl methyl sites for hydroxylation is 1. The number of methoxy groups -OCH3 is 2. The minimum absolute atomic E-state index is 0.0705. The molecule has 172 valence electrons. The molecule has 9 nitrogen and oxygen atoms in total. The molecule has 0 unspecified atom stereocenters. The zero-order valence-corrected chi connectivity index (χ0v) is 19.5. The van der Waals surface area contributed by atoms with Gasteiger partial charge in [0.1, 0.15) is 29.2 Å². The first kappa shape index (κ1) is 22.8. The molecule has 0 aliphatic carbocycles. The number of benzene rings is 2. The number of sulfone groups is 1. The Morgan fingerprint density at radius 2 is 1.73 bits per heavy atom. The van der Waals surface area contributed by atoms with Gasteiger partial charge in [0.2, 0.25) is 5.82 Å². The standard InChI is InChI=1S/C22H21ClN4O5S/c1-30-17-4-3-5-18(31-2)20(17)27-19(25-26-21(27)22-24-11-12-32-22)14-33(28,29)13-10-15-6-8-16(23)9-7-15/h3-9,11-12H,10,13-14H2,1-2H3. The van der Waals surface area contributed by atoms with Gasteiger partial charge in [-0.15, -0.1) is 10.2 Å². The maximum absolute atomic E-state index is 13.0. The third-order valence-electron chi connectivity index (χ3n) is 4.94. The van der Waals surface area contributed by atoms with Crippen molar-refractivity contribution in [3.8, 4) is 28.9 Å². The van der Waals surface area contributed by atoms with E-state index in [1.807, 2.05) is 0 Å². The van der Waals surface area contributed by atoms with Crippen LogP contribution in [0.3, 0.4) is 0 Å². The predicted molar refractivity (Wildman–Crippen MR) is 123 cm³/mol. The SMILES string of the molecule is COc1cccc(OC)c1-n1c(CS(=O)(=O)CCc2ccc(Cl)cc2)nnc1-c1ncco1. The number of hydrogen-bond acceptors (Lipinski definition) is 8. The van der Waals surface area contributed by atoms with Crippen LogP contribution in [0.2, 0.25) is 5.02 Å². The number of halogens is 1. The first-order valence-corrected chi connectivity index (χ1v) is 12.1. The Labute approximate surface area is 195 Å². The molecule has 0 radical (unpaired) electrons. The van der Waals surface area contributed by atoms with Gasteiger partial charge in [-0.25, -0.2) is 13.4 Å². The summed E-state index contributed by atoms with van der Waals surface area (Å²) in [6.07, 6.45) is 3.21. The first-order chi connectivity index (χ1) is 15.9. The lowest BCUT2D eigenvalue weighted by molar-refractivity contribution is 0.390. The summed E-state index contributed by atoms with van der Waals surface area (Å²) in [5.74, 6) is 1.06. The average molecular weight is 489 g/mol. The highest BCUT2D eigenvalue weighted by atomic mass is 35.5. The van der Waals surface area contributed by atoms with E-state index in [0.29, 0.717) is 28.6 Å². The van der Waals surface area contributed by atoms with Gasteiger partial charge in [-0.2, -0.15) is 0 Å². The molecule has 0 amide bonds. The molecule has 0 saturated carbocycles. The summed E-state index contributed by atoms with van der Waals surface area (Å²) in [6, 6.07) is 12.3. The summed E-state index contributed by atoms with van der Waals surface area (Å²) < 4.78 is 44.0. The Morgan fingerprint density at radius 1 is 1.03 bits per heavy atom. The monoisotopic (exact) mass is 488 g/mol. The van der Waals surface area contributed by atoms with E-state index < -0.39 is 9.84 Å². The van der Waals surface area contributed by atoms with Crippen molar-refractivity contribution in [2.75, 3.05) is 20.0 Å². The first-order valence-electron chi connectivity index (χ1n) is 9.92. The van der Waals surface area contributed by atoms with Crippen LogP contribution in [0.25, 0.3) is 17.4 Å². The molecule has 0 aliphatic rings. The van der Waals surface area contributed by atoms with Crippen LogP contribution < -0.4 is 9.47 Å². The van der Waals surface area contributed by atoms with Crippen LogP contribution in [0, 0.1) is 0 Å². The number of oxazole rings is 1. The van der Waals surface area contributed by atoms with Gasteiger partial charge < -0.3 is 13.9 Å². The van der Waals surface area contributed by atoms with E-state index in [0.717, 1.165) is 5.56 Å². The Morgan fingerprint density at radius 3 is 2.33 bits per heavy atom. The Kier molecular flexibility index (Phi) is 6.66. The second kappa shape index (κ2) is 9.63. The third-order valence-corrected chi connectivity index (χ3v) is 6.72. The normalized spacial score (nSPS) is 11.5. The van der Waals surface area contributed by atoms with Gasteiger partial charge in [0.05, 0.1) is 26.2 Å². The fraction of sp³-hybridized carbons (Fsp3) is 0.227. The summed E-state index contributed by atoms with van der Waals surface area (Å²) >= 11 is 5.91. The van der Waals surface area contributed by atoms with Crippen LogP contribution in [-0.2, 0) is 22.0 Å². The lowest BCUT2D eigenvalue weighted by Gasteiger charge is -2.16. The highest BCUT2D eigenvalue weighted by Crippen LogP contribution is 2.36. The minimum Gasteiger partial charge on any atom is -0.494 e. The molecular formula is C22H21ClN4O5S. The molecule has 0 aliphatic heterocycles. The maximum atomic E-state index is 13.0. The number of ether oxygens (including phenoxy) is 2. The van der Waals surface area contributed by atoms with Crippen LogP contribution >= 0.6 is 11.6 Å². The van der Waals surface area contributed by atoms with Crippen molar-refractivity contribution in [3.63, 3.8) is 0 Å². The van der Waals surface area contributed by atoms with Gasteiger partial charge >= 0.3 is 0 Å². The topological polar surface area (TPSA) is 109 Å². The number of hydrogen-bond donors (Lipinski definition) is 0. The quantitative estimate of drug-likeness (QED) is 0.350. The molecule has 0 spiro atoms. The molecule has 11 heteroatoms. The minimum atomic E-state index is -3.56. The smallest absolute Gasteiger partial charge is 0.265 e. The summed E-state index contributed by atoms with van der Waals surface area (Å²) in [5.41, 5.74) is 1.32. The van der Waals surface area contributed by atoms with E-state index in [2.05, 4.69) is 15.2 Å². The molecule has 0 fully saturated rings. The van der Waals surface area contributed by atoms with Crippen LogP contribution in [0.15, 0.2) is 59.3 Å². The van der Waals surface area contributed by atoms with Gasteiger partial charge in [0.25, 0.3) is 5.89 Å². The van der Waals surface area contributed by atoms with Crippen LogP contribution in [0.1, 0.15) is 11.4 Å². The summed E-state index contributed by atoms with van der Waals surface area (Å²) in [4.78, 5) is 4.14. The highest BCUT2D eigenvalue weighted by Gasteiger charge is 2.27. The van der Waals surface area contributed by atoms with Crippen LogP contribution in [0.4, 0.5) is 0 Å². The van der Waals surface area contributed by atoms with Crippen molar-refractivity contribution in [2.45, 2.75) is 12.2 Å². The highest BCUT2D eigenvalue weighted by molar-refractivity contribution is 7.90. The van der Waals surface area contributed by atoms with Gasteiger partial charge in [-0.1, -0.05) is 29.8 Å². The molecule has 4 aromatic rings. The Hall–Kier alpha value is -3.37. The van der Waals surface area contributed by atoms with E-state index in [1.54, 1.807) is 47.0 Å². The number of aromatic nitrogens is 4. The molecule has 0 saturated heterocycles. The second-order valence-corrected chi connectivity index (χ2v) is 9.71. The van der Waals surface area contributed by atoms with Crippen molar-refractivity contribution in [3.05, 3.63) is 71.3 Å². The predicted octanol–water partition coefficient (Wildman–Crippen LogP) is 3.75. The average Bonchev–Trinajstić information content (AvgIpc) is 3.48. The van der Waals surface area contributed by atoms with Gasteiger partial charge in [0, 0.05) is 5.02 Å². The third kappa shape index (κ3) is 5.01. The van der Waals surface area contributed by atoms with Crippen molar-refractivity contribution in [1.82, 2.24) is 19.7 Å². The van der Waals surface area contributed by atoms with Gasteiger partial charge in [-0.05, 0) is 36.2 Å². The molecule has 2 heterocycles. The van der Waals surface area contributed by atoms with Crippen LogP contribution in [-0.4, -0.2) is 48.1 Å².